The number of hydrogen-bond donors (Lipinski definition) is 0. The monoisotopic (exact) mass is 288 g/mol. The van der Waals surface area contributed by atoms with Crippen LogP contribution in [0.25, 0.3) is 10.1 Å². The van der Waals surface area contributed by atoms with Crippen LogP contribution in [0.3, 0.4) is 0 Å². The van der Waals surface area contributed by atoms with Crippen LogP contribution in [0, 0.1) is 12.7 Å². The maximum Gasteiger partial charge on any atom is 0.178 e. The molecule has 0 saturated heterocycles. The van der Waals surface area contributed by atoms with Crippen LogP contribution in [0.2, 0.25) is 0 Å². The zero-order chi connectivity index (χ0) is 14.3. The van der Waals surface area contributed by atoms with E-state index in [1.54, 1.807) is 16.8 Å². The lowest BCUT2D eigenvalue weighted by Crippen LogP contribution is -2.06. The van der Waals surface area contributed by atoms with Crippen LogP contribution >= 0.6 is 11.3 Å². The maximum absolute atomic E-state index is 13.2. The van der Waals surface area contributed by atoms with Crippen LogP contribution in [-0.2, 0) is 13.5 Å². The number of rotatable bonds is 3. The number of aromatic nitrogens is 2. The predicted octanol–water partition coefficient (Wildman–Crippen LogP) is 3.51. The third-order valence-electron chi connectivity index (χ3n) is 3.19. The number of thiophene rings is 1. The number of benzene rings is 1. The Labute approximate surface area is 119 Å². The minimum Gasteiger partial charge on any atom is -0.293 e. The van der Waals surface area contributed by atoms with E-state index in [1.807, 2.05) is 20.0 Å². The van der Waals surface area contributed by atoms with Crippen LogP contribution in [0.15, 0.2) is 30.3 Å². The summed E-state index contributed by atoms with van der Waals surface area (Å²) in [5, 5.41) is 5.01. The van der Waals surface area contributed by atoms with Crippen molar-refractivity contribution in [3.63, 3.8) is 0 Å². The Hall–Kier alpha value is -2.01. The first-order chi connectivity index (χ1) is 9.52. The number of ketones is 1. The number of hydrogen-bond acceptors (Lipinski definition) is 3. The van der Waals surface area contributed by atoms with Gasteiger partial charge >= 0.3 is 0 Å². The lowest BCUT2D eigenvalue weighted by molar-refractivity contribution is 0.0994. The molecule has 0 aliphatic carbocycles. The summed E-state index contributed by atoms with van der Waals surface area (Å²) < 4.78 is 15.8. The molecule has 0 amide bonds. The number of carbonyl (C=O) groups excluding carboxylic acids is 1. The van der Waals surface area contributed by atoms with Gasteiger partial charge < -0.3 is 0 Å². The van der Waals surface area contributed by atoms with Gasteiger partial charge in [0, 0.05) is 17.4 Å². The van der Waals surface area contributed by atoms with Crippen molar-refractivity contribution in [1.29, 1.82) is 0 Å². The number of Topliss-reactive ketones (excluding diaryl/α,β-unsaturated/α-hetero) is 1. The van der Waals surface area contributed by atoms with Crippen LogP contribution in [0.5, 0.6) is 0 Å². The van der Waals surface area contributed by atoms with Gasteiger partial charge in [0.05, 0.1) is 17.0 Å². The van der Waals surface area contributed by atoms with E-state index in [0.29, 0.717) is 11.3 Å². The van der Waals surface area contributed by atoms with Gasteiger partial charge in [0.15, 0.2) is 5.78 Å². The van der Waals surface area contributed by atoms with Crippen molar-refractivity contribution in [2.75, 3.05) is 0 Å². The molecule has 0 N–H and O–H groups in total. The molecule has 0 atom stereocenters. The molecule has 3 nitrogen and oxygen atoms in total. The van der Waals surface area contributed by atoms with E-state index in [9.17, 15) is 9.18 Å². The van der Waals surface area contributed by atoms with Gasteiger partial charge in [-0.3, -0.25) is 9.48 Å². The molecule has 0 unspecified atom stereocenters. The molecule has 1 aromatic carbocycles. The quantitative estimate of drug-likeness (QED) is 0.691. The van der Waals surface area contributed by atoms with Crippen LogP contribution in [0.1, 0.15) is 21.1 Å². The van der Waals surface area contributed by atoms with Gasteiger partial charge in [0.2, 0.25) is 0 Å². The fraction of sp³-hybridized carbons (Fsp3) is 0.200. The number of nitrogens with zero attached hydrogens (tertiary/aromatic N) is 2. The van der Waals surface area contributed by atoms with E-state index < -0.39 is 0 Å². The molecular formula is C15H13FN2OS. The van der Waals surface area contributed by atoms with Crippen molar-refractivity contribution in [2.24, 2.45) is 7.05 Å². The third-order valence-corrected chi connectivity index (χ3v) is 4.35. The summed E-state index contributed by atoms with van der Waals surface area (Å²) in [5.74, 6) is -0.244. The molecule has 3 aromatic rings. The van der Waals surface area contributed by atoms with Crippen molar-refractivity contribution in [1.82, 2.24) is 9.78 Å². The first-order valence-electron chi connectivity index (χ1n) is 6.25. The molecule has 5 heteroatoms. The second-order valence-electron chi connectivity index (χ2n) is 4.79. The highest BCUT2D eigenvalue weighted by Gasteiger charge is 2.14. The van der Waals surface area contributed by atoms with Gasteiger partial charge in [-0.05, 0) is 42.6 Å². The van der Waals surface area contributed by atoms with Crippen LogP contribution in [-0.4, -0.2) is 15.6 Å². The van der Waals surface area contributed by atoms with E-state index in [0.717, 1.165) is 21.5 Å². The molecule has 102 valence electrons. The summed E-state index contributed by atoms with van der Waals surface area (Å²) in [5.41, 5.74) is 1.78. The van der Waals surface area contributed by atoms with Crippen molar-refractivity contribution >= 4 is 27.2 Å². The van der Waals surface area contributed by atoms with Gasteiger partial charge in [-0.1, -0.05) is 0 Å². The first-order valence-corrected chi connectivity index (χ1v) is 7.06. The minimum atomic E-state index is -0.281. The SMILES string of the molecule is Cc1cc(CC(=O)c2cc3cc(F)ccc3s2)n(C)n1. The van der Waals surface area contributed by atoms with Gasteiger partial charge in [0.1, 0.15) is 5.82 Å². The van der Waals surface area contributed by atoms with E-state index in [1.165, 1.54) is 23.5 Å². The average Bonchev–Trinajstić information content (AvgIpc) is 2.92. The summed E-state index contributed by atoms with van der Waals surface area (Å²) in [4.78, 5) is 13.0. The topological polar surface area (TPSA) is 34.9 Å². The van der Waals surface area contributed by atoms with Crippen molar-refractivity contribution in [3.05, 3.63) is 52.4 Å². The van der Waals surface area contributed by atoms with Gasteiger partial charge in [0.25, 0.3) is 0 Å². The normalized spacial score (nSPS) is 11.2. The Bertz CT molecular complexity index is 803. The zero-order valence-electron chi connectivity index (χ0n) is 11.2. The standard InChI is InChI=1S/C15H13FN2OS/c1-9-5-12(18(2)17-9)8-13(19)15-7-10-6-11(16)3-4-14(10)20-15/h3-7H,8H2,1-2H3. The Morgan fingerprint density at radius 1 is 1.35 bits per heavy atom. The summed E-state index contributed by atoms with van der Waals surface area (Å²) in [6.07, 6.45) is 0.312. The molecular weight excluding hydrogens is 275 g/mol. The Morgan fingerprint density at radius 3 is 2.85 bits per heavy atom. The smallest absolute Gasteiger partial charge is 0.178 e. The second kappa shape index (κ2) is 4.83. The predicted molar refractivity (Wildman–Crippen MR) is 77.8 cm³/mol. The molecule has 0 fully saturated rings. The van der Waals surface area contributed by atoms with E-state index in [2.05, 4.69) is 5.10 Å². The number of aryl methyl sites for hydroxylation is 2. The molecule has 0 bridgehead atoms. The zero-order valence-corrected chi connectivity index (χ0v) is 12.0. The summed E-state index contributed by atoms with van der Waals surface area (Å²) in [6.45, 7) is 1.90. The van der Waals surface area contributed by atoms with Crippen molar-refractivity contribution < 1.29 is 9.18 Å². The molecule has 0 radical (unpaired) electrons. The Morgan fingerprint density at radius 2 is 2.15 bits per heavy atom. The third kappa shape index (κ3) is 2.36. The minimum absolute atomic E-state index is 0.0367. The largest absolute Gasteiger partial charge is 0.293 e. The maximum atomic E-state index is 13.2. The van der Waals surface area contributed by atoms with Gasteiger partial charge in [-0.15, -0.1) is 11.3 Å². The molecule has 2 aromatic heterocycles. The molecule has 0 aliphatic heterocycles. The lowest BCUT2D eigenvalue weighted by Gasteiger charge is -1.99. The second-order valence-corrected chi connectivity index (χ2v) is 5.88. The summed E-state index contributed by atoms with van der Waals surface area (Å²) in [6, 6.07) is 8.24. The highest BCUT2D eigenvalue weighted by atomic mass is 32.1. The highest BCUT2D eigenvalue weighted by molar-refractivity contribution is 7.20. The van der Waals surface area contributed by atoms with Crippen LogP contribution in [0.4, 0.5) is 4.39 Å². The summed E-state index contributed by atoms with van der Waals surface area (Å²) in [7, 11) is 1.83. The number of carbonyl (C=O) groups is 1. The van der Waals surface area contributed by atoms with E-state index in [4.69, 9.17) is 0 Å². The van der Waals surface area contributed by atoms with Gasteiger partial charge in [-0.25, -0.2) is 4.39 Å². The Balaban J connectivity index is 1.90. The molecule has 20 heavy (non-hydrogen) atoms. The van der Waals surface area contributed by atoms with E-state index >= 15 is 0 Å². The fourth-order valence-corrected chi connectivity index (χ4v) is 3.21. The summed E-state index contributed by atoms with van der Waals surface area (Å²) >= 11 is 1.40. The number of fused-ring (bicyclic) bond motifs is 1. The molecule has 2 heterocycles. The number of halogens is 1. The Kier molecular flexibility index (Phi) is 3.14. The first kappa shape index (κ1) is 13.0. The molecule has 0 aliphatic rings. The average molecular weight is 288 g/mol. The molecule has 0 saturated carbocycles. The van der Waals surface area contributed by atoms with Gasteiger partial charge in [-0.2, -0.15) is 5.10 Å². The van der Waals surface area contributed by atoms with E-state index in [-0.39, 0.29) is 11.6 Å². The lowest BCUT2D eigenvalue weighted by atomic mass is 10.1. The van der Waals surface area contributed by atoms with Crippen LogP contribution < -0.4 is 0 Å². The highest BCUT2D eigenvalue weighted by Crippen LogP contribution is 2.27. The molecule has 0 spiro atoms. The fourth-order valence-electron chi connectivity index (χ4n) is 2.23. The van der Waals surface area contributed by atoms with Crippen molar-refractivity contribution in [2.45, 2.75) is 13.3 Å². The molecule has 3 rings (SSSR count). The van der Waals surface area contributed by atoms with Crippen molar-refractivity contribution in [3.8, 4) is 0 Å².